The molecule has 0 radical (unpaired) electrons. The molecule has 0 aliphatic heterocycles. The van der Waals surface area contributed by atoms with E-state index in [1.54, 1.807) is 0 Å². The van der Waals surface area contributed by atoms with Crippen molar-refractivity contribution in [3.05, 3.63) is 13.8 Å². The van der Waals surface area contributed by atoms with Gasteiger partial charge < -0.3 is 23.4 Å². The summed E-state index contributed by atoms with van der Waals surface area (Å²) in [6.45, 7) is 7.02. The normalized spacial score (nSPS) is 35.8. The third kappa shape index (κ3) is 3.02. The quantitative estimate of drug-likeness (QED) is 0.484. The van der Waals surface area contributed by atoms with Gasteiger partial charge in [-0.15, -0.1) is 0 Å². The Kier molecular flexibility index (Phi) is 6.59. The second-order valence-electron chi connectivity index (χ2n) is 4.71. The van der Waals surface area contributed by atoms with Crippen molar-refractivity contribution < 1.29 is 51.7 Å². The van der Waals surface area contributed by atoms with Crippen LogP contribution < -0.4 is 0 Å². The first-order valence-corrected chi connectivity index (χ1v) is 5.31. The number of carbonyl (C=O) groups is 2. The Bertz CT molecular complexity index is 250. The number of ketones is 2. The molecule has 0 heterocycles. The number of Topliss-reactive ketones (excluding diaryl/α,β-unsaturated/α-hetero) is 2. The first-order chi connectivity index (χ1) is 6.59. The Labute approximate surface area is 126 Å². The summed E-state index contributed by atoms with van der Waals surface area (Å²) in [5, 5.41) is 0. The van der Waals surface area contributed by atoms with Crippen LogP contribution in [0.5, 0.6) is 0 Å². The molecule has 0 aromatic carbocycles. The standard InChI is InChI=1S/C12H16O2.2W/c1-7(13)11-5-10-4-3-9(11)6-12(10)8(2)14;;/h9-12H,1-6H2;;/q-2;;. The third-order valence-corrected chi connectivity index (χ3v) is 3.99. The number of hydrogen-bond donors (Lipinski definition) is 0. The maximum absolute atomic E-state index is 11.3. The largest absolute Gasteiger partial charge is 0.339 e. The van der Waals surface area contributed by atoms with Crippen molar-refractivity contribution in [3.8, 4) is 0 Å². The molecule has 3 fully saturated rings. The molecular weight excluding hydrogens is 544 g/mol. The third-order valence-electron chi connectivity index (χ3n) is 3.99. The summed E-state index contributed by atoms with van der Waals surface area (Å²) in [5.41, 5.74) is 0. The SMILES string of the molecule is [CH2-]C(=O)C1CC2CCC1CC2C([CH2-])=O.[W].[W]. The monoisotopic (exact) mass is 560 g/mol. The minimum atomic E-state index is 0. The van der Waals surface area contributed by atoms with E-state index >= 15 is 0 Å². The molecule has 2 nitrogen and oxygen atoms in total. The Morgan fingerprint density at radius 3 is 1.31 bits per heavy atom. The van der Waals surface area contributed by atoms with Crippen molar-refractivity contribution in [2.24, 2.45) is 23.7 Å². The van der Waals surface area contributed by atoms with E-state index in [-0.39, 0.29) is 65.5 Å². The van der Waals surface area contributed by atoms with Gasteiger partial charge in [-0.25, -0.2) is 0 Å². The molecule has 4 unspecified atom stereocenters. The molecule has 0 aromatic rings. The Morgan fingerprint density at radius 1 is 0.812 bits per heavy atom. The van der Waals surface area contributed by atoms with E-state index in [1.165, 1.54) is 0 Å². The summed E-state index contributed by atoms with van der Waals surface area (Å²) in [6.07, 6.45) is 3.94. The zero-order chi connectivity index (χ0) is 10.3. The molecule has 0 spiro atoms. The fourth-order valence-electron chi connectivity index (χ4n) is 3.22. The summed E-state index contributed by atoms with van der Waals surface area (Å²) in [7, 11) is 0. The van der Waals surface area contributed by atoms with Crippen LogP contribution in [-0.4, -0.2) is 11.6 Å². The molecule has 3 aliphatic rings. The van der Waals surface area contributed by atoms with E-state index in [0.717, 1.165) is 25.7 Å². The van der Waals surface area contributed by atoms with Gasteiger partial charge in [0.05, 0.1) is 0 Å². The maximum Gasteiger partial charge on any atom is 0 e. The summed E-state index contributed by atoms with van der Waals surface area (Å²) >= 11 is 0. The predicted molar refractivity (Wildman–Crippen MR) is 53.2 cm³/mol. The zero-order valence-corrected chi connectivity index (χ0v) is 15.1. The molecule has 0 amide bonds. The van der Waals surface area contributed by atoms with Gasteiger partial charge >= 0.3 is 0 Å². The minimum absolute atomic E-state index is 0. The molecule has 16 heavy (non-hydrogen) atoms. The van der Waals surface area contributed by atoms with Gasteiger partial charge in [-0.05, 0) is 60.9 Å². The molecule has 3 aliphatic carbocycles. The molecule has 0 saturated heterocycles. The van der Waals surface area contributed by atoms with Crippen molar-refractivity contribution in [1.82, 2.24) is 0 Å². The van der Waals surface area contributed by atoms with Crippen LogP contribution in [0, 0.1) is 37.5 Å². The summed E-state index contributed by atoms with van der Waals surface area (Å²) in [4.78, 5) is 22.5. The molecule has 90 valence electrons. The Morgan fingerprint density at radius 2 is 1.12 bits per heavy atom. The van der Waals surface area contributed by atoms with Crippen molar-refractivity contribution in [2.45, 2.75) is 25.7 Å². The predicted octanol–water partition coefficient (Wildman–Crippen LogP) is 1.84. The fraction of sp³-hybridized carbons (Fsp3) is 0.667. The van der Waals surface area contributed by atoms with Crippen molar-refractivity contribution in [1.29, 1.82) is 0 Å². The maximum atomic E-state index is 11.3. The van der Waals surface area contributed by atoms with Gasteiger partial charge in [-0.2, -0.15) is 0 Å². The van der Waals surface area contributed by atoms with Gasteiger partial charge in [-0.1, -0.05) is 0 Å². The van der Waals surface area contributed by atoms with Gasteiger partial charge in [0.2, 0.25) is 0 Å². The molecule has 2 bridgehead atoms. The molecule has 4 atom stereocenters. The average Bonchev–Trinajstić information content (AvgIpc) is 2.18. The van der Waals surface area contributed by atoms with Crippen LogP contribution in [-0.2, 0) is 51.7 Å². The summed E-state index contributed by atoms with van der Waals surface area (Å²) < 4.78 is 0. The van der Waals surface area contributed by atoms with Gasteiger partial charge in [0, 0.05) is 42.1 Å². The number of carbonyl (C=O) groups excluding carboxylic acids is 2. The van der Waals surface area contributed by atoms with E-state index < -0.39 is 0 Å². The molecule has 0 N–H and O–H groups in total. The summed E-state index contributed by atoms with van der Waals surface area (Å²) in [5.74, 6) is 1.19. The topological polar surface area (TPSA) is 34.1 Å². The fourth-order valence-corrected chi connectivity index (χ4v) is 3.22. The number of fused-ring (bicyclic) bond motifs is 3. The van der Waals surface area contributed by atoms with E-state index in [2.05, 4.69) is 13.8 Å². The molecule has 3 saturated carbocycles. The van der Waals surface area contributed by atoms with Gasteiger partial charge in [-0.3, -0.25) is 0 Å². The van der Waals surface area contributed by atoms with E-state index in [0.29, 0.717) is 11.8 Å². The molecule has 3 rings (SSSR count). The van der Waals surface area contributed by atoms with Crippen LogP contribution in [0.25, 0.3) is 0 Å². The van der Waals surface area contributed by atoms with Gasteiger partial charge in [0.15, 0.2) is 0 Å². The zero-order valence-electron chi connectivity index (χ0n) is 9.19. The number of rotatable bonds is 2. The first-order valence-electron chi connectivity index (χ1n) is 5.31. The molecular formula is C12H16O2W2-2. The van der Waals surface area contributed by atoms with Crippen LogP contribution in [0.3, 0.4) is 0 Å². The minimum Gasteiger partial charge on any atom is -0.339 e. The van der Waals surface area contributed by atoms with Crippen LogP contribution >= 0.6 is 0 Å². The van der Waals surface area contributed by atoms with Crippen molar-refractivity contribution in [3.63, 3.8) is 0 Å². The Balaban J connectivity index is 0.00000112. The van der Waals surface area contributed by atoms with Crippen molar-refractivity contribution in [2.75, 3.05) is 0 Å². The van der Waals surface area contributed by atoms with Gasteiger partial charge in [0.1, 0.15) is 0 Å². The first kappa shape index (κ1) is 16.5. The van der Waals surface area contributed by atoms with Gasteiger partial charge in [0.25, 0.3) is 0 Å². The molecule has 4 heteroatoms. The van der Waals surface area contributed by atoms with Crippen LogP contribution in [0.1, 0.15) is 25.7 Å². The van der Waals surface area contributed by atoms with E-state index in [9.17, 15) is 9.59 Å². The second-order valence-corrected chi connectivity index (χ2v) is 4.71. The molecule has 0 aromatic heterocycles. The van der Waals surface area contributed by atoms with Crippen LogP contribution in [0.4, 0.5) is 0 Å². The van der Waals surface area contributed by atoms with Crippen LogP contribution in [0.2, 0.25) is 0 Å². The van der Waals surface area contributed by atoms with Crippen molar-refractivity contribution >= 4 is 11.6 Å². The van der Waals surface area contributed by atoms with E-state index in [1.807, 2.05) is 0 Å². The average molecular weight is 560 g/mol. The smallest absolute Gasteiger partial charge is 0 e. The van der Waals surface area contributed by atoms with E-state index in [4.69, 9.17) is 0 Å². The summed E-state index contributed by atoms with van der Waals surface area (Å²) in [6, 6.07) is 0. The number of hydrogen-bond acceptors (Lipinski definition) is 2. The van der Waals surface area contributed by atoms with Crippen LogP contribution in [0.15, 0.2) is 0 Å². The Hall–Kier alpha value is 0.457. The second kappa shape index (κ2) is 6.41.